The van der Waals surface area contributed by atoms with E-state index in [-0.39, 0.29) is 25.3 Å². The van der Waals surface area contributed by atoms with E-state index in [0.29, 0.717) is 12.5 Å². The highest BCUT2D eigenvalue weighted by Crippen LogP contribution is 2.36. The van der Waals surface area contributed by atoms with Crippen molar-refractivity contribution in [2.45, 2.75) is 115 Å². The maximum atomic E-state index is 12.1. The van der Waals surface area contributed by atoms with Gasteiger partial charge in [-0.3, -0.25) is 0 Å². The van der Waals surface area contributed by atoms with Crippen LogP contribution in [0.3, 0.4) is 0 Å². The highest BCUT2D eigenvalue weighted by atomic mass is 28.4. The number of nitrogens with one attached hydrogen (secondary N) is 2. The number of alkyl carbamates (subject to hydrolysis) is 2. The van der Waals surface area contributed by atoms with Crippen molar-refractivity contribution in [2.75, 3.05) is 19.8 Å². The van der Waals surface area contributed by atoms with Crippen LogP contribution < -0.4 is 10.6 Å². The zero-order valence-corrected chi connectivity index (χ0v) is 23.3. The van der Waals surface area contributed by atoms with Crippen LogP contribution in [0.1, 0.15) is 84.0 Å². The zero-order valence-electron chi connectivity index (χ0n) is 22.3. The number of hydrogen-bond donors (Lipinski definition) is 3. The molecular formula is C26H47N3O6Si. The monoisotopic (exact) mass is 525 g/mol. The molecule has 0 saturated heterocycles. The summed E-state index contributed by atoms with van der Waals surface area (Å²) in [6.45, 7) is 4.58. The molecule has 0 spiro atoms. The van der Waals surface area contributed by atoms with Gasteiger partial charge in [0.1, 0.15) is 13.2 Å². The van der Waals surface area contributed by atoms with E-state index < -0.39 is 20.5 Å². The van der Waals surface area contributed by atoms with Gasteiger partial charge < -0.3 is 24.9 Å². The van der Waals surface area contributed by atoms with Gasteiger partial charge in [-0.25, -0.2) is 19.4 Å². The Bertz CT molecular complexity index is 700. The SMILES string of the molecule is CCCC[Si](C)(O)CCCNC(=O)OCCOC(=O)NC1CCC(CC2CCC(N=C=O)CC2)CC1. The van der Waals surface area contributed by atoms with Crippen LogP contribution in [-0.2, 0) is 14.3 Å². The lowest BCUT2D eigenvalue weighted by molar-refractivity contribution is 0.0921. The van der Waals surface area contributed by atoms with Gasteiger partial charge in [-0.05, 0) is 94.7 Å². The number of hydrogen-bond acceptors (Lipinski definition) is 7. The van der Waals surface area contributed by atoms with Crippen LogP contribution in [-0.4, -0.2) is 63.2 Å². The van der Waals surface area contributed by atoms with E-state index in [1.807, 2.05) is 6.55 Å². The summed E-state index contributed by atoms with van der Waals surface area (Å²) in [5, 5.41) is 5.62. The standard InChI is InChI=1S/C26H47N3O6Si/c1-3-4-17-36(2,33)18-5-14-27-25(31)34-15-16-35-26(32)29-24-12-8-22(9-13-24)19-21-6-10-23(11-7-21)28-20-30/h21-24,33H,3-19H2,1-2H3,(H,27,31)(H,29,32). The second-order valence-electron chi connectivity index (χ2n) is 10.9. The molecule has 2 rings (SSSR count). The number of ether oxygens (including phenoxy) is 2. The highest BCUT2D eigenvalue weighted by molar-refractivity contribution is 6.71. The van der Waals surface area contributed by atoms with E-state index >= 15 is 0 Å². The summed E-state index contributed by atoms with van der Waals surface area (Å²) in [6, 6.07) is 1.97. The number of carbonyl (C=O) groups is 2. The molecule has 2 fully saturated rings. The molecule has 1 atom stereocenters. The van der Waals surface area contributed by atoms with Crippen molar-refractivity contribution in [2.24, 2.45) is 16.8 Å². The number of nitrogens with zero attached hydrogens (tertiary/aromatic N) is 1. The van der Waals surface area contributed by atoms with E-state index in [1.54, 1.807) is 6.08 Å². The topological polar surface area (TPSA) is 126 Å². The van der Waals surface area contributed by atoms with Crippen molar-refractivity contribution < 1.29 is 28.7 Å². The van der Waals surface area contributed by atoms with E-state index in [1.165, 1.54) is 6.42 Å². The van der Waals surface area contributed by atoms with Crippen LogP contribution >= 0.6 is 0 Å². The molecule has 2 aliphatic carbocycles. The fourth-order valence-corrected chi connectivity index (χ4v) is 7.77. The summed E-state index contributed by atoms with van der Waals surface area (Å²) in [7, 11) is -2.15. The maximum absolute atomic E-state index is 12.1. The van der Waals surface area contributed by atoms with Crippen molar-refractivity contribution in [3.05, 3.63) is 0 Å². The highest BCUT2D eigenvalue weighted by Gasteiger charge is 2.28. The van der Waals surface area contributed by atoms with Crippen LogP contribution in [0.15, 0.2) is 4.99 Å². The van der Waals surface area contributed by atoms with Gasteiger partial charge in [0.15, 0.2) is 8.32 Å². The van der Waals surface area contributed by atoms with Crippen molar-refractivity contribution in [1.82, 2.24) is 10.6 Å². The molecule has 0 aromatic rings. The fourth-order valence-electron chi connectivity index (χ4n) is 5.47. The summed E-state index contributed by atoms with van der Waals surface area (Å²) in [5.41, 5.74) is 0. The van der Waals surface area contributed by atoms with Crippen LogP contribution in [0.4, 0.5) is 9.59 Å². The Balaban J connectivity index is 1.46. The summed E-state index contributed by atoms with van der Waals surface area (Å²) >= 11 is 0. The van der Waals surface area contributed by atoms with Gasteiger partial charge in [-0.1, -0.05) is 19.8 Å². The number of unbranched alkanes of at least 4 members (excludes halogenated alkanes) is 1. The Morgan fingerprint density at radius 1 is 0.944 bits per heavy atom. The maximum Gasteiger partial charge on any atom is 0.407 e. The lowest BCUT2D eigenvalue weighted by atomic mass is 9.76. The molecule has 0 aliphatic heterocycles. The molecule has 10 heteroatoms. The van der Waals surface area contributed by atoms with Crippen LogP contribution in [0, 0.1) is 11.8 Å². The first-order chi connectivity index (χ1) is 17.3. The largest absolute Gasteiger partial charge is 0.446 e. The third-order valence-electron chi connectivity index (χ3n) is 7.67. The minimum absolute atomic E-state index is 0.00929. The Kier molecular flexibility index (Phi) is 14.1. The molecule has 0 aromatic heterocycles. The molecule has 0 heterocycles. The quantitative estimate of drug-likeness (QED) is 0.126. The number of isocyanates is 1. The van der Waals surface area contributed by atoms with Gasteiger partial charge in [-0.2, -0.15) is 0 Å². The van der Waals surface area contributed by atoms with Gasteiger partial charge >= 0.3 is 12.2 Å². The Labute approximate surface area is 217 Å². The Morgan fingerprint density at radius 3 is 2.14 bits per heavy atom. The van der Waals surface area contributed by atoms with Crippen LogP contribution in [0.5, 0.6) is 0 Å². The average molecular weight is 526 g/mol. The van der Waals surface area contributed by atoms with Crippen molar-refractivity contribution in [1.29, 1.82) is 0 Å². The summed E-state index contributed by atoms with van der Waals surface area (Å²) in [6.07, 6.45) is 13.2. The summed E-state index contributed by atoms with van der Waals surface area (Å²) in [5.74, 6) is 1.43. The molecule has 0 radical (unpaired) electrons. The molecular weight excluding hydrogens is 478 g/mol. The average Bonchev–Trinajstić information content (AvgIpc) is 2.86. The first-order valence-corrected chi connectivity index (χ1v) is 16.8. The third kappa shape index (κ3) is 12.9. The van der Waals surface area contributed by atoms with Crippen LogP contribution in [0.25, 0.3) is 0 Å². The molecule has 36 heavy (non-hydrogen) atoms. The number of rotatable bonds is 14. The summed E-state index contributed by atoms with van der Waals surface area (Å²) in [4.78, 5) is 48.5. The predicted octanol–water partition coefficient (Wildman–Crippen LogP) is 5.04. The molecule has 206 valence electrons. The molecule has 0 bridgehead atoms. The Hall–Kier alpha value is -1.90. The number of aliphatic imine (C=N–C) groups is 1. The fraction of sp³-hybridized carbons (Fsp3) is 0.885. The minimum atomic E-state index is -2.15. The lowest BCUT2D eigenvalue weighted by Gasteiger charge is -2.33. The van der Waals surface area contributed by atoms with Gasteiger partial charge in [0.2, 0.25) is 6.08 Å². The zero-order chi connectivity index (χ0) is 26.2. The van der Waals surface area contributed by atoms with Gasteiger partial charge in [0.25, 0.3) is 0 Å². The molecule has 2 saturated carbocycles. The summed E-state index contributed by atoms with van der Waals surface area (Å²) < 4.78 is 10.2. The Morgan fingerprint density at radius 2 is 1.53 bits per heavy atom. The van der Waals surface area contributed by atoms with Gasteiger partial charge in [-0.15, -0.1) is 0 Å². The van der Waals surface area contributed by atoms with Crippen LogP contribution in [0.2, 0.25) is 18.6 Å². The van der Waals surface area contributed by atoms with Gasteiger partial charge in [0.05, 0.1) is 6.04 Å². The second kappa shape index (κ2) is 16.8. The molecule has 1 unspecified atom stereocenters. The number of carbonyl (C=O) groups excluding carboxylic acids is 3. The van der Waals surface area contributed by atoms with E-state index in [2.05, 4.69) is 22.5 Å². The predicted molar refractivity (Wildman–Crippen MR) is 141 cm³/mol. The smallest absolute Gasteiger partial charge is 0.407 e. The van der Waals surface area contributed by atoms with Gasteiger partial charge in [0, 0.05) is 12.6 Å². The molecule has 2 amide bonds. The molecule has 0 aromatic carbocycles. The second-order valence-corrected chi connectivity index (χ2v) is 14.9. The first kappa shape index (κ1) is 30.3. The van der Waals surface area contributed by atoms with E-state index in [4.69, 9.17) is 9.47 Å². The lowest BCUT2D eigenvalue weighted by Crippen LogP contribution is -2.38. The molecule has 9 nitrogen and oxygen atoms in total. The minimum Gasteiger partial charge on any atom is -0.446 e. The van der Waals surface area contributed by atoms with Crippen molar-refractivity contribution in [3.8, 4) is 0 Å². The molecule has 2 aliphatic rings. The normalized spacial score (nSPS) is 25.6. The molecule has 3 N–H and O–H groups in total. The number of amides is 2. The van der Waals surface area contributed by atoms with Crippen molar-refractivity contribution >= 4 is 26.6 Å². The van der Waals surface area contributed by atoms with Crippen molar-refractivity contribution in [3.63, 3.8) is 0 Å². The first-order valence-electron chi connectivity index (χ1n) is 13.9. The van der Waals surface area contributed by atoms with E-state index in [0.717, 1.165) is 88.6 Å². The van der Waals surface area contributed by atoms with E-state index in [9.17, 15) is 19.2 Å². The third-order valence-corrected chi connectivity index (χ3v) is 10.5.